The van der Waals surface area contributed by atoms with Gasteiger partial charge in [0, 0.05) is 12.6 Å². The number of rotatable bonds is 1. The van der Waals surface area contributed by atoms with Crippen LogP contribution < -0.4 is 5.32 Å². The Morgan fingerprint density at radius 2 is 1.75 bits per heavy atom. The molecule has 0 aromatic rings. The first kappa shape index (κ1) is 7.17. The molecule has 2 rings (SSSR count). The standard InChI is InChI=1S/C11H10N/c1-12-11-8-7-9-5-3-2-4-6-10(9)11/h2-8H,1H3. The van der Waals surface area contributed by atoms with Crippen LogP contribution in [0.3, 0.4) is 0 Å². The second-order valence-corrected chi connectivity index (χ2v) is 2.72. The molecule has 0 unspecified atom stereocenters. The molecule has 59 valence electrons. The highest BCUT2D eigenvalue weighted by Gasteiger charge is 2.05. The van der Waals surface area contributed by atoms with Crippen molar-refractivity contribution in [2.24, 2.45) is 0 Å². The SMILES string of the molecule is C[N]c1ccc2cccccc1-2. The van der Waals surface area contributed by atoms with Crippen LogP contribution in [0.2, 0.25) is 0 Å². The maximum absolute atomic E-state index is 4.19. The first-order valence-corrected chi connectivity index (χ1v) is 3.99. The van der Waals surface area contributed by atoms with Crippen molar-refractivity contribution in [2.75, 3.05) is 7.05 Å². The fourth-order valence-corrected chi connectivity index (χ4v) is 1.39. The Bertz CT molecular complexity index is 354. The Morgan fingerprint density at radius 3 is 2.58 bits per heavy atom. The van der Waals surface area contributed by atoms with E-state index in [1.807, 2.05) is 31.3 Å². The third-order valence-electron chi connectivity index (χ3n) is 2.01. The van der Waals surface area contributed by atoms with Crippen molar-refractivity contribution in [1.82, 2.24) is 5.32 Å². The van der Waals surface area contributed by atoms with Crippen molar-refractivity contribution < 1.29 is 0 Å². The van der Waals surface area contributed by atoms with E-state index in [2.05, 4.69) is 23.5 Å². The molecular weight excluding hydrogens is 146 g/mol. The van der Waals surface area contributed by atoms with Crippen LogP contribution >= 0.6 is 0 Å². The maximum Gasteiger partial charge on any atom is 0.0649 e. The summed E-state index contributed by atoms with van der Waals surface area (Å²) in [6.07, 6.45) is 0. The Kier molecular flexibility index (Phi) is 1.71. The molecule has 2 aliphatic carbocycles. The van der Waals surface area contributed by atoms with Crippen molar-refractivity contribution in [3.8, 4) is 11.1 Å². The van der Waals surface area contributed by atoms with Gasteiger partial charge in [0.25, 0.3) is 0 Å². The van der Waals surface area contributed by atoms with Gasteiger partial charge in [-0.15, -0.1) is 0 Å². The summed E-state index contributed by atoms with van der Waals surface area (Å²) in [7, 11) is 1.82. The maximum atomic E-state index is 4.19. The summed E-state index contributed by atoms with van der Waals surface area (Å²) in [4.78, 5) is 0. The summed E-state index contributed by atoms with van der Waals surface area (Å²) in [5, 5.41) is 4.19. The molecule has 1 nitrogen and oxygen atoms in total. The van der Waals surface area contributed by atoms with Gasteiger partial charge in [-0.05, 0) is 11.6 Å². The highest BCUT2D eigenvalue weighted by atomic mass is 14.8. The number of hydrogen-bond acceptors (Lipinski definition) is 0. The molecule has 0 aromatic heterocycles. The molecule has 0 saturated carbocycles. The fraction of sp³-hybridized carbons (Fsp3) is 0.0909. The predicted octanol–water partition coefficient (Wildman–Crippen LogP) is 2.66. The first-order valence-electron chi connectivity index (χ1n) is 3.99. The zero-order valence-electron chi connectivity index (χ0n) is 6.99. The van der Waals surface area contributed by atoms with Gasteiger partial charge < -0.3 is 0 Å². The lowest BCUT2D eigenvalue weighted by Gasteiger charge is -1.95. The smallest absolute Gasteiger partial charge is 0.0649 e. The number of fused-ring (bicyclic) bond motifs is 1. The molecule has 0 aliphatic heterocycles. The molecule has 1 heteroatoms. The minimum Gasteiger partial charge on any atom is -0.288 e. The van der Waals surface area contributed by atoms with Gasteiger partial charge in [-0.1, -0.05) is 36.4 Å². The molecule has 0 heterocycles. The summed E-state index contributed by atoms with van der Waals surface area (Å²) in [5.41, 5.74) is 3.55. The van der Waals surface area contributed by atoms with Gasteiger partial charge in [0.2, 0.25) is 0 Å². The lowest BCUT2D eigenvalue weighted by Crippen LogP contribution is -1.83. The van der Waals surface area contributed by atoms with E-state index in [0.717, 1.165) is 5.69 Å². The van der Waals surface area contributed by atoms with Crippen LogP contribution in [0.1, 0.15) is 0 Å². The van der Waals surface area contributed by atoms with E-state index in [4.69, 9.17) is 0 Å². The molecular formula is C11H10N. The van der Waals surface area contributed by atoms with Crippen LogP contribution in [0, 0.1) is 0 Å². The Hall–Kier alpha value is -1.50. The van der Waals surface area contributed by atoms with Crippen LogP contribution in [0.15, 0.2) is 42.5 Å². The molecule has 0 bridgehead atoms. The molecule has 0 atom stereocenters. The number of hydrogen-bond donors (Lipinski definition) is 0. The van der Waals surface area contributed by atoms with E-state index < -0.39 is 0 Å². The molecule has 0 aromatic carbocycles. The molecule has 2 aliphatic rings. The van der Waals surface area contributed by atoms with Gasteiger partial charge in [0.15, 0.2) is 0 Å². The van der Waals surface area contributed by atoms with Gasteiger partial charge in [0.1, 0.15) is 0 Å². The largest absolute Gasteiger partial charge is 0.288 e. The Balaban J connectivity index is 2.64. The predicted molar refractivity (Wildman–Crippen MR) is 50.8 cm³/mol. The topological polar surface area (TPSA) is 14.1 Å². The van der Waals surface area contributed by atoms with Crippen molar-refractivity contribution in [3.63, 3.8) is 0 Å². The van der Waals surface area contributed by atoms with Gasteiger partial charge in [-0.25, -0.2) is 0 Å². The lowest BCUT2D eigenvalue weighted by molar-refractivity contribution is 1.10. The van der Waals surface area contributed by atoms with Crippen molar-refractivity contribution in [1.29, 1.82) is 0 Å². The van der Waals surface area contributed by atoms with Crippen molar-refractivity contribution >= 4 is 5.69 Å². The zero-order chi connectivity index (χ0) is 8.39. The van der Waals surface area contributed by atoms with Crippen molar-refractivity contribution in [2.45, 2.75) is 0 Å². The molecule has 0 spiro atoms. The highest BCUT2D eigenvalue weighted by Crippen LogP contribution is 2.30. The average Bonchev–Trinajstić information content (AvgIpc) is 2.33. The van der Waals surface area contributed by atoms with Crippen LogP contribution in [-0.4, -0.2) is 7.05 Å². The monoisotopic (exact) mass is 156 g/mol. The van der Waals surface area contributed by atoms with E-state index in [1.165, 1.54) is 11.1 Å². The van der Waals surface area contributed by atoms with Crippen LogP contribution in [0.4, 0.5) is 5.69 Å². The van der Waals surface area contributed by atoms with Crippen LogP contribution in [0.25, 0.3) is 11.1 Å². The normalized spacial score (nSPS) is 10.1. The summed E-state index contributed by atoms with van der Waals surface area (Å²) < 4.78 is 0. The van der Waals surface area contributed by atoms with E-state index in [1.54, 1.807) is 0 Å². The quantitative estimate of drug-likeness (QED) is 0.602. The molecule has 1 radical (unpaired) electrons. The minimum absolute atomic E-state index is 1.07. The van der Waals surface area contributed by atoms with Crippen molar-refractivity contribution in [3.05, 3.63) is 42.5 Å². The van der Waals surface area contributed by atoms with Gasteiger partial charge in [-0.2, -0.15) is 0 Å². The van der Waals surface area contributed by atoms with E-state index >= 15 is 0 Å². The summed E-state index contributed by atoms with van der Waals surface area (Å²) >= 11 is 0. The van der Waals surface area contributed by atoms with E-state index in [-0.39, 0.29) is 0 Å². The van der Waals surface area contributed by atoms with Gasteiger partial charge in [0.05, 0.1) is 5.69 Å². The molecule has 0 saturated heterocycles. The number of nitrogens with zero attached hydrogens (tertiary/aromatic N) is 1. The van der Waals surface area contributed by atoms with E-state index in [9.17, 15) is 0 Å². The Labute approximate surface area is 72.4 Å². The summed E-state index contributed by atoms with van der Waals surface area (Å²) in [5.74, 6) is 0. The second-order valence-electron chi connectivity index (χ2n) is 2.72. The summed E-state index contributed by atoms with van der Waals surface area (Å²) in [6.45, 7) is 0. The van der Waals surface area contributed by atoms with E-state index in [0.29, 0.717) is 0 Å². The molecule has 12 heavy (non-hydrogen) atoms. The first-order chi connectivity index (χ1) is 5.92. The third kappa shape index (κ3) is 1.03. The second kappa shape index (κ2) is 2.86. The molecule has 0 N–H and O–H groups in total. The minimum atomic E-state index is 1.07. The Morgan fingerprint density at radius 1 is 0.917 bits per heavy atom. The lowest BCUT2D eigenvalue weighted by atomic mass is 10.2. The van der Waals surface area contributed by atoms with Crippen LogP contribution in [-0.2, 0) is 0 Å². The third-order valence-corrected chi connectivity index (χ3v) is 2.01. The molecule has 0 fully saturated rings. The van der Waals surface area contributed by atoms with Crippen LogP contribution in [0.5, 0.6) is 0 Å². The highest BCUT2D eigenvalue weighted by molar-refractivity contribution is 5.78. The summed E-state index contributed by atoms with van der Waals surface area (Å²) in [6, 6.07) is 14.4. The van der Waals surface area contributed by atoms with Gasteiger partial charge in [-0.3, -0.25) is 5.32 Å². The zero-order valence-corrected chi connectivity index (χ0v) is 6.99. The molecule has 0 amide bonds. The van der Waals surface area contributed by atoms with Gasteiger partial charge >= 0.3 is 0 Å². The fourth-order valence-electron chi connectivity index (χ4n) is 1.39. The average molecular weight is 156 g/mol.